The van der Waals surface area contributed by atoms with Crippen LogP contribution in [0.25, 0.3) is 0 Å². The number of carbonyl (C=O) groups excluding carboxylic acids is 1. The van der Waals surface area contributed by atoms with Crippen molar-refractivity contribution >= 4 is 5.91 Å². The van der Waals surface area contributed by atoms with Gasteiger partial charge in [-0.3, -0.25) is 4.79 Å². The Balaban J connectivity index is 2.78. The Labute approximate surface area is 115 Å². The molecule has 2 unspecified atom stereocenters. The molecule has 20 heavy (non-hydrogen) atoms. The Morgan fingerprint density at radius 2 is 2.00 bits per heavy atom. The van der Waals surface area contributed by atoms with Crippen LogP contribution in [0.1, 0.15) is 25.0 Å². The standard InChI is InChI=1S/C13H17F2NO4/c1-7(17)16-6-5-9(18)13(19)8-3-4-10(20-2)12(15)11(8)14/h3-4,9,13,18-19H,5-6H2,1-2H3,(H,16,17). The maximum absolute atomic E-state index is 13.7. The van der Waals surface area contributed by atoms with Gasteiger partial charge in [-0.15, -0.1) is 0 Å². The van der Waals surface area contributed by atoms with Crippen molar-refractivity contribution < 1.29 is 28.5 Å². The van der Waals surface area contributed by atoms with Crippen LogP contribution in [-0.4, -0.2) is 35.9 Å². The highest BCUT2D eigenvalue weighted by Gasteiger charge is 2.24. The SMILES string of the molecule is COc1ccc(C(O)C(O)CCNC(C)=O)c(F)c1F. The molecule has 112 valence electrons. The first-order chi connectivity index (χ1) is 9.38. The first kappa shape index (κ1) is 16.3. The monoisotopic (exact) mass is 289 g/mol. The molecular formula is C13H17F2NO4. The van der Waals surface area contributed by atoms with Gasteiger partial charge >= 0.3 is 0 Å². The van der Waals surface area contributed by atoms with E-state index in [0.717, 1.165) is 12.1 Å². The first-order valence-corrected chi connectivity index (χ1v) is 6.01. The van der Waals surface area contributed by atoms with Crippen LogP contribution in [0.15, 0.2) is 12.1 Å². The third kappa shape index (κ3) is 3.88. The van der Waals surface area contributed by atoms with E-state index in [1.54, 1.807) is 0 Å². The predicted octanol–water partition coefficient (Wildman–Crippen LogP) is 0.894. The quantitative estimate of drug-likeness (QED) is 0.727. The van der Waals surface area contributed by atoms with Crippen molar-refractivity contribution in [2.24, 2.45) is 0 Å². The highest BCUT2D eigenvalue weighted by atomic mass is 19.2. The predicted molar refractivity (Wildman–Crippen MR) is 67.2 cm³/mol. The molecule has 7 heteroatoms. The molecule has 2 atom stereocenters. The number of methoxy groups -OCH3 is 1. The van der Waals surface area contributed by atoms with Crippen molar-refractivity contribution in [3.05, 3.63) is 29.3 Å². The molecule has 0 radical (unpaired) electrons. The van der Waals surface area contributed by atoms with Gasteiger partial charge in [-0.2, -0.15) is 4.39 Å². The lowest BCUT2D eigenvalue weighted by Gasteiger charge is -2.19. The summed E-state index contributed by atoms with van der Waals surface area (Å²) in [5.41, 5.74) is -0.362. The Kier molecular flexibility index (Phi) is 5.84. The van der Waals surface area contributed by atoms with Gasteiger partial charge in [0.25, 0.3) is 0 Å². The summed E-state index contributed by atoms with van der Waals surface area (Å²) in [5, 5.41) is 21.9. The van der Waals surface area contributed by atoms with Crippen LogP contribution >= 0.6 is 0 Å². The van der Waals surface area contributed by atoms with Crippen molar-refractivity contribution in [3.63, 3.8) is 0 Å². The zero-order valence-corrected chi connectivity index (χ0v) is 11.2. The highest BCUT2D eigenvalue weighted by molar-refractivity contribution is 5.72. The summed E-state index contributed by atoms with van der Waals surface area (Å²) < 4.78 is 31.8. The number of halogens is 2. The molecule has 0 saturated heterocycles. The minimum Gasteiger partial charge on any atom is -0.494 e. The van der Waals surface area contributed by atoms with Gasteiger partial charge in [0.15, 0.2) is 11.6 Å². The Bertz CT molecular complexity index is 482. The second-order valence-corrected chi connectivity index (χ2v) is 4.27. The summed E-state index contributed by atoms with van der Waals surface area (Å²) in [4.78, 5) is 10.7. The second kappa shape index (κ2) is 7.16. The number of nitrogens with one attached hydrogen (secondary N) is 1. The molecule has 1 rings (SSSR count). The summed E-state index contributed by atoms with van der Waals surface area (Å²) in [6, 6.07) is 2.31. The van der Waals surface area contributed by atoms with Crippen molar-refractivity contribution in [2.45, 2.75) is 25.6 Å². The zero-order chi connectivity index (χ0) is 15.3. The summed E-state index contributed by atoms with van der Waals surface area (Å²) in [7, 11) is 1.19. The Morgan fingerprint density at radius 1 is 1.35 bits per heavy atom. The Morgan fingerprint density at radius 3 is 2.55 bits per heavy atom. The number of hydrogen-bond acceptors (Lipinski definition) is 4. The third-order valence-electron chi connectivity index (χ3n) is 2.79. The summed E-state index contributed by atoms with van der Waals surface area (Å²) in [5.74, 6) is -3.06. The fourth-order valence-electron chi connectivity index (χ4n) is 1.69. The fraction of sp³-hybridized carbons (Fsp3) is 0.462. The molecular weight excluding hydrogens is 272 g/mol. The van der Waals surface area contributed by atoms with Crippen molar-refractivity contribution in [2.75, 3.05) is 13.7 Å². The zero-order valence-electron chi connectivity index (χ0n) is 11.2. The molecule has 3 N–H and O–H groups in total. The lowest BCUT2D eigenvalue weighted by atomic mass is 10.0. The minimum atomic E-state index is -1.59. The topological polar surface area (TPSA) is 78.8 Å². The molecule has 0 bridgehead atoms. The number of aliphatic hydroxyl groups is 2. The van der Waals surface area contributed by atoms with Crippen molar-refractivity contribution in [1.82, 2.24) is 5.32 Å². The van der Waals surface area contributed by atoms with Gasteiger partial charge in [-0.05, 0) is 18.6 Å². The normalized spacial score (nSPS) is 13.7. The van der Waals surface area contributed by atoms with Gasteiger partial charge in [0, 0.05) is 19.0 Å². The van der Waals surface area contributed by atoms with Gasteiger partial charge in [-0.25, -0.2) is 4.39 Å². The molecule has 0 spiro atoms. The van der Waals surface area contributed by atoms with E-state index in [1.165, 1.54) is 14.0 Å². The molecule has 0 fully saturated rings. The number of rotatable bonds is 6. The van der Waals surface area contributed by atoms with Crippen LogP contribution in [0.3, 0.4) is 0 Å². The van der Waals surface area contributed by atoms with E-state index in [2.05, 4.69) is 10.1 Å². The largest absolute Gasteiger partial charge is 0.494 e. The Hall–Kier alpha value is -1.73. The molecule has 5 nitrogen and oxygen atoms in total. The molecule has 0 aliphatic heterocycles. The number of aliphatic hydroxyl groups excluding tert-OH is 2. The fourth-order valence-corrected chi connectivity index (χ4v) is 1.69. The van der Waals surface area contributed by atoms with E-state index in [0.29, 0.717) is 0 Å². The first-order valence-electron chi connectivity index (χ1n) is 6.01. The molecule has 0 aromatic heterocycles. The molecule has 1 aromatic rings. The molecule has 1 amide bonds. The van der Waals surface area contributed by atoms with Crippen LogP contribution in [0.5, 0.6) is 5.75 Å². The second-order valence-electron chi connectivity index (χ2n) is 4.27. The summed E-state index contributed by atoms with van der Waals surface area (Å²) in [6.07, 6.45) is -2.92. The van der Waals surface area contributed by atoms with Gasteiger partial charge in [0.1, 0.15) is 6.10 Å². The molecule has 1 aromatic carbocycles. The maximum atomic E-state index is 13.7. The van der Waals surface area contributed by atoms with Crippen molar-refractivity contribution in [3.8, 4) is 5.75 Å². The maximum Gasteiger partial charge on any atom is 0.216 e. The van der Waals surface area contributed by atoms with Gasteiger partial charge in [0.05, 0.1) is 13.2 Å². The van der Waals surface area contributed by atoms with E-state index in [-0.39, 0.29) is 30.2 Å². The van der Waals surface area contributed by atoms with Crippen LogP contribution < -0.4 is 10.1 Å². The third-order valence-corrected chi connectivity index (χ3v) is 2.79. The average molecular weight is 289 g/mol. The van der Waals surface area contributed by atoms with E-state index in [9.17, 15) is 23.8 Å². The summed E-state index contributed by atoms with van der Waals surface area (Å²) >= 11 is 0. The highest BCUT2D eigenvalue weighted by Crippen LogP contribution is 2.28. The minimum absolute atomic E-state index is 0.00777. The average Bonchev–Trinajstić information content (AvgIpc) is 2.40. The molecule has 0 aliphatic carbocycles. The van der Waals surface area contributed by atoms with E-state index < -0.39 is 23.8 Å². The van der Waals surface area contributed by atoms with Gasteiger partial charge < -0.3 is 20.3 Å². The number of hydrogen-bond donors (Lipinski definition) is 3. The number of benzene rings is 1. The van der Waals surface area contributed by atoms with E-state index >= 15 is 0 Å². The lowest BCUT2D eigenvalue weighted by molar-refractivity contribution is -0.119. The number of carbonyl (C=O) groups is 1. The van der Waals surface area contributed by atoms with Crippen molar-refractivity contribution in [1.29, 1.82) is 0 Å². The van der Waals surface area contributed by atoms with Crippen LogP contribution in [0, 0.1) is 11.6 Å². The van der Waals surface area contributed by atoms with E-state index in [4.69, 9.17) is 0 Å². The number of ether oxygens (including phenoxy) is 1. The van der Waals surface area contributed by atoms with E-state index in [1.807, 2.05) is 0 Å². The molecule has 0 saturated carbocycles. The smallest absolute Gasteiger partial charge is 0.216 e. The summed E-state index contributed by atoms with van der Waals surface area (Å²) in [6.45, 7) is 1.43. The number of amides is 1. The van der Waals surface area contributed by atoms with Gasteiger partial charge in [0.2, 0.25) is 11.7 Å². The van der Waals surface area contributed by atoms with Crippen LogP contribution in [-0.2, 0) is 4.79 Å². The van der Waals surface area contributed by atoms with Crippen LogP contribution in [0.4, 0.5) is 8.78 Å². The molecule has 0 heterocycles. The lowest BCUT2D eigenvalue weighted by Crippen LogP contribution is -2.28. The van der Waals surface area contributed by atoms with Crippen LogP contribution in [0.2, 0.25) is 0 Å². The molecule has 0 aliphatic rings. The van der Waals surface area contributed by atoms with Gasteiger partial charge in [-0.1, -0.05) is 0 Å².